The standard InChI is InChI=1S/C34H46N8O10S/c1-3-16(2)29-32(49)38-12-27(45)39-23(31(48)40-22(11-26(36)44)33(50)42-14-18(43)9-24(42)34(51)52)15-53-25-8-17-6-4-5-7-19(17)20(25)10-21(35)30(47)37-13-28(46)41-29/h4-7,16,18,21-24,29,43H,3,8-15,35H2,1-2H3,(H2,36,44)(H,37,47)(H,38,49)(H,39,45)(H,40,48)(H,41,46)(H,51,52)/t16-,18+,21+,22-,23+,24-,29-/m0/s1. The molecule has 1 aliphatic carbocycles. The molecule has 1 fully saturated rings. The maximum absolute atomic E-state index is 13.9. The van der Waals surface area contributed by atoms with Gasteiger partial charge in [0, 0.05) is 25.1 Å². The Bertz CT molecular complexity index is 1670. The molecule has 4 rings (SSSR count). The predicted octanol–water partition coefficient (Wildman–Crippen LogP) is -2.93. The number of carbonyl (C=O) groups is 8. The van der Waals surface area contributed by atoms with Gasteiger partial charge in [-0.2, -0.15) is 0 Å². The number of allylic oxidation sites excluding steroid dienone is 1. The molecular weight excluding hydrogens is 712 g/mol. The number of aliphatic carboxylic acids is 1. The van der Waals surface area contributed by atoms with E-state index >= 15 is 0 Å². The zero-order chi connectivity index (χ0) is 39.0. The van der Waals surface area contributed by atoms with Crippen molar-refractivity contribution in [2.24, 2.45) is 17.4 Å². The molecule has 3 aliphatic rings. The fraction of sp³-hybridized carbons (Fsp3) is 0.529. The molecule has 7 atom stereocenters. The van der Waals surface area contributed by atoms with Crippen LogP contribution >= 0.6 is 11.8 Å². The van der Waals surface area contributed by atoms with E-state index in [1.807, 2.05) is 24.3 Å². The topological polar surface area (TPSA) is 292 Å². The number of benzene rings is 1. The molecule has 2 heterocycles. The second-order valence-electron chi connectivity index (χ2n) is 13.3. The number of rotatable bonds is 8. The first-order valence-electron chi connectivity index (χ1n) is 17.2. The Hall–Kier alpha value is -5.01. The van der Waals surface area contributed by atoms with Crippen molar-refractivity contribution < 1.29 is 48.6 Å². The number of nitrogens with zero attached hydrogens (tertiary/aromatic N) is 1. The van der Waals surface area contributed by atoms with Gasteiger partial charge < -0.3 is 53.2 Å². The van der Waals surface area contributed by atoms with Crippen LogP contribution in [0.2, 0.25) is 0 Å². The first kappa shape index (κ1) is 40.8. The van der Waals surface area contributed by atoms with Crippen LogP contribution in [-0.4, -0.2) is 124 Å². The molecular formula is C34H46N8O10S. The molecule has 0 radical (unpaired) electrons. The van der Waals surface area contributed by atoms with Gasteiger partial charge in [-0.25, -0.2) is 4.79 Å². The van der Waals surface area contributed by atoms with E-state index < -0.39 is 103 Å². The SMILES string of the molecule is CC[C@H](C)[C@@H]1NC(=O)CNC(=O)[C@H](N)CC2=C(Cc3ccccc32)SC[C@H](C(=O)N[C@@H](CC(N)=O)C(=O)N2C[C@H](O)C[C@H]2C(=O)O)NC(=O)CNC1=O. The second kappa shape index (κ2) is 18.2. The van der Waals surface area contributed by atoms with Crippen LogP contribution in [0.1, 0.15) is 50.7 Å². The monoisotopic (exact) mass is 758 g/mol. The summed E-state index contributed by atoms with van der Waals surface area (Å²) in [6.07, 6.45) is -1.15. The number of hydrogen-bond donors (Lipinski definition) is 9. The summed E-state index contributed by atoms with van der Waals surface area (Å²) in [5, 5.41) is 32.3. The van der Waals surface area contributed by atoms with Gasteiger partial charge in [0.25, 0.3) is 0 Å². The first-order chi connectivity index (χ1) is 25.1. The van der Waals surface area contributed by atoms with Crippen molar-refractivity contribution in [3.63, 3.8) is 0 Å². The largest absolute Gasteiger partial charge is 0.480 e. The predicted molar refractivity (Wildman–Crippen MR) is 191 cm³/mol. The molecule has 1 saturated heterocycles. The molecule has 1 aromatic carbocycles. The normalized spacial score (nSPS) is 25.7. The molecule has 7 amide bonds. The summed E-state index contributed by atoms with van der Waals surface area (Å²) in [6, 6.07) is 0.858. The van der Waals surface area contributed by atoms with Gasteiger partial charge >= 0.3 is 5.97 Å². The van der Waals surface area contributed by atoms with E-state index in [-0.39, 0.29) is 31.1 Å². The number of β-amino-alcohol motifs (C(OH)–C–C–N with tert-alkyl or cyclic N) is 1. The summed E-state index contributed by atoms with van der Waals surface area (Å²) in [6.45, 7) is 2.13. The third kappa shape index (κ3) is 10.5. The number of hydrogen-bond acceptors (Lipinski definition) is 11. The van der Waals surface area contributed by atoms with Crippen molar-refractivity contribution >= 4 is 64.7 Å². The number of fused-ring (bicyclic) bond motifs is 2. The van der Waals surface area contributed by atoms with Crippen molar-refractivity contribution in [3.8, 4) is 0 Å². The lowest BCUT2D eigenvalue weighted by molar-refractivity contribution is -0.149. The van der Waals surface area contributed by atoms with Gasteiger partial charge in [0.2, 0.25) is 41.4 Å². The Morgan fingerprint density at radius 3 is 2.36 bits per heavy atom. The summed E-state index contributed by atoms with van der Waals surface area (Å²) in [7, 11) is 0. The van der Waals surface area contributed by atoms with E-state index in [0.717, 1.165) is 26.5 Å². The number of carboxylic acid groups (broad SMARTS) is 1. The number of amides is 7. The van der Waals surface area contributed by atoms with Gasteiger partial charge in [0.15, 0.2) is 0 Å². The molecule has 0 saturated carbocycles. The minimum atomic E-state index is -1.64. The highest BCUT2D eigenvalue weighted by atomic mass is 32.2. The molecule has 2 aliphatic heterocycles. The summed E-state index contributed by atoms with van der Waals surface area (Å²) in [4.78, 5) is 105. The number of carbonyl (C=O) groups excluding carboxylic acids is 7. The van der Waals surface area contributed by atoms with Crippen LogP contribution in [-0.2, 0) is 44.8 Å². The first-order valence-corrected chi connectivity index (χ1v) is 18.2. The van der Waals surface area contributed by atoms with Gasteiger partial charge in [-0.15, -0.1) is 11.8 Å². The van der Waals surface area contributed by atoms with Crippen LogP contribution < -0.4 is 38.1 Å². The van der Waals surface area contributed by atoms with Crippen LogP contribution in [0.5, 0.6) is 0 Å². The van der Waals surface area contributed by atoms with Gasteiger partial charge in [-0.05, 0) is 33.9 Å². The number of aliphatic hydroxyl groups excluding tert-OH is 1. The van der Waals surface area contributed by atoms with E-state index in [0.29, 0.717) is 12.8 Å². The number of primary amides is 1. The molecule has 0 unspecified atom stereocenters. The molecule has 53 heavy (non-hydrogen) atoms. The van der Waals surface area contributed by atoms with Crippen molar-refractivity contribution in [2.75, 3.05) is 25.4 Å². The lowest BCUT2D eigenvalue weighted by Crippen LogP contribution is -2.58. The number of nitrogens with one attached hydrogen (secondary N) is 5. The van der Waals surface area contributed by atoms with E-state index in [9.17, 15) is 48.6 Å². The lowest BCUT2D eigenvalue weighted by Gasteiger charge is -2.28. The van der Waals surface area contributed by atoms with Crippen molar-refractivity contribution in [2.45, 2.75) is 82.3 Å². The zero-order valence-electron chi connectivity index (χ0n) is 29.4. The second-order valence-corrected chi connectivity index (χ2v) is 14.4. The van der Waals surface area contributed by atoms with Crippen molar-refractivity contribution in [1.82, 2.24) is 31.5 Å². The van der Waals surface area contributed by atoms with E-state index in [4.69, 9.17) is 11.5 Å². The molecule has 288 valence electrons. The minimum Gasteiger partial charge on any atom is -0.480 e. The zero-order valence-corrected chi connectivity index (χ0v) is 30.2. The fourth-order valence-corrected chi connectivity index (χ4v) is 7.58. The van der Waals surface area contributed by atoms with Crippen molar-refractivity contribution in [1.29, 1.82) is 0 Å². The average molecular weight is 759 g/mol. The van der Waals surface area contributed by atoms with Crippen LogP contribution in [0.3, 0.4) is 0 Å². The summed E-state index contributed by atoms with van der Waals surface area (Å²) < 4.78 is 0. The maximum Gasteiger partial charge on any atom is 0.326 e. The Morgan fingerprint density at radius 1 is 1.04 bits per heavy atom. The minimum absolute atomic E-state index is 0.0650. The summed E-state index contributed by atoms with van der Waals surface area (Å²) >= 11 is 1.19. The van der Waals surface area contributed by atoms with Gasteiger partial charge in [-0.3, -0.25) is 33.6 Å². The van der Waals surface area contributed by atoms with Gasteiger partial charge in [0.1, 0.15) is 24.2 Å². The Morgan fingerprint density at radius 2 is 1.70 bits per heavy atom. The highest BCUT2D eigenvalue weighted by molar-refractivity contribution is 8.03. The van der Waals surface area contributed by atoms with E-state index in [1.54, 1.807) is 13.8 Å². The van der Waals surface area contributed by atoms with Crippen LogP contribution in [0.4, 0.5) is 0 Å². The van der Waals surface area contributed by atoms with E-state index in [1.165, 1.54) is 11.8 Å². The third-order valence-corrected chi connectivity index (χ3v) is 10.6. The maximum atomic E-state index is 13.9. The quantitative estimate of drug-likeness (QED) is 0.129. The van der Waals surface area contributed by atoms with Crippen LogP contribution in [0.15, 0.2) is 29.2 Å². The molecule has 18 nitrogen and oxygen atoms in total. The summed E-state index contributed by atoms with van der Waals surface area (Å²) in [5.41, 5.74) is 14.2. The molecule has 0 spiro atoms. The molecule has 0 aromatic heterocycles. The molecule has 0 bridgehead atoms. The van der Waals surface area contributed by atoms with E-state index in [2.05, 4.69) is 26.6 Å². The molecule has 1 aromatic rings. The Kier molecular flexibility index (Phi) is 14.0. The van der Waals surface area contributed by atoms with Crippen LogP contribution in [0, 0.1) is 5.92 Å². The third-order valence-electron chi connectivity index (χ3n) is 9.39. The van der Waals surface area contributed by atoms with Crippen molar-refractivity contribution in [3.05, 3.63) is 40.3 Å². The average Bonchev–Trinajstić information content (AvgIpc) is 3.68. The Balaban J connectivity index is 1.66. The number of thioether (sulfide) groups is 1. The number of nitrogens with two attached hydrogens (primary N) is 2. The smallest absolute Gasteiger partial charge is 0.326 e. The highest BCUT2D eigenvalue weighted by Gasteiger charge is 2.42. The van der Waals surface area contributed by atoms with Crippen LogP contribution in [0.25, 0.3) is 5.57 Å². The summed E-state index contributed by atoms with van der Waals surface area (Å²) in [5.74, 6) is -7.47. The lowest BCUT2D eigenvalue weighted by atomic mass is 9.98. The Labute approximate surface area is 309 Å². The molecule has 19 heteroatoms. The highest BCUT2D eigenvalue weighted by Crippen LogP contribution is 2.41. The fourth-order valence-electron chi connectivity index (χ4n) is 6.35. The molecule has 11 N–H and O–H groups in total. The number of aliphatic hydroxyl groups is 1. The number of likely N-dealkylation sites (tertiary alicyclic amines) is 1. The number of carboxylic acids is 1. The van der Waals surface area contributed by atoms with Gasteiger partial charge in [-0.1, -0.05) is 44.5 Å². The van der Waals surface area contributed by atoms with Gasteiger partial charge in [0.05, 0.1) is 31.7 Å².